The minimum absolute atomic E-state index is 0.457. The van der Waals surface area contributed by atoms with Crippen molar-refractivity contribution < 1.29 is 4.74 Å². The van der Waals surface area contributed by atoms with E-state index in [2.05, 4.69) is 12.2 Å². The zero-order valence-electron chi connectivity index (χ0n) is 6.89. The molecule has 60 valence electrons. The van der Waals surface area contributed by atoms with Crippen molar-refractivity contribution in [1.29, 1.82) is 0 Å². The lowest BCUT2D eigenvalue weighted by molar-refractivity contribution is 0.0609. The molecule has 2 heteroatoms. The molecule has 10 heavy (non-hydrogen) atoms. The first-order valence-electron chi connectivity index (χ1n) is 4.10. The largest absolute Gasteiger partial charge is 0.380 e. The summed E-state index contributed by atoms with van der Waals surface area (Å²) in [6.45, 7) is 4.45. The summed E-state index contributed by atoms with van der Waals surface area (Å²) in [5, 5.41) is 3.36. The van der Waals surface area contributed by atoms with Crippen molar-refractivity contribution >= 4 is 0 Å². The third-order valence-electron chi connectivity index (χ3n) is 2.31. The minimum Gasteiger partial charge on any atom is -0.380 e. The number of hydrogen-bond acceptors (Lipinski definition) is 2. The molecule has 0 saturated carbocycles. The first-order chi connectivity index (χ1) is 4.86. The predicted molar refractivity (Wildman–Crippen MR) is 42.1 cm³/mol. The molecule has 0 aromatic carbocycles. The highest BCUT2D eigenvalue weighted by atomic mass is 16.5. The molecule has 0 aromatic heterocycles. The van der Waals surface area contributed by atoms with Crippen LogP contribution in [0.2, 0.25) is 0 Å². The van der Waals surface area contributed by atoms with Gasteiger partial charge in [-0.3, -0.25) is 0 Å². The van der Waals surface area contributed by atoms with Gasteiger partial charge in [0.1, 0.15) is 0 Å². The van der Waals surface area contributed by atoms with Crippen LogP contribution < -0.4 is 5.32 Å². The van der Waals surface area contributed by atoms with E-state index < -0.39 is 0 Å². The smallest absolute Gasteiger partial charge is 0.0698 e. The van der Waals surface area contributed by atoms with Crippen molar-refractivity contribution in [2.45, 2.75) is 25.9 Å². The Labute approximate surface area is 63.0 Å². The van der Waals surface area contributed by atoms with Crippen molar-refractivity contribution in [2.75, 3.05) is 20.2 Å². The van der Waals surface area contributed by atoms with Gasteiger partial charge in [0.15, 0.2) is 0 Å². The standard InChI is InChI=1S/C8H17NO/c1-3-7-4-8(10-2)6-9-5-7/h7-9H,3-6H2,1-2H3. The van der Waals surface area contributed by atoms with Gasteiger partial charge >= 0.3 is 0 Å². The van der Waals surface area contributed by atoms with Gasteiger partial charge in [0, 0.05) is 13.7 Å². The Bertz CT molecular complexity index is 85.3. The first-order valence-corrected chi connectivity index (χ1v) is 4.10. The number of methoxy groups -OCH3 is 1. The first kappa shape index (κ1) is 8.02. The third-order valence-corrected chi connectivity index (χ3v) is 2.31. The topological polar surface area (TPSA) is 21.3 Å². The SMILES string of the molecule is CCC1CNCC(OC)C1. The van der Waals surface area contributed by atoms with Gasteiger partial charge in [-0.25, -0.2) is 0 Å². The van der Waals surface area contributed by atoms with E-state index in [0.29, 0.717) is 6.10 Å². The number of piperidine rings is 1. The van der Waals surface area contributed by atoms with E-state index in [0.717, 1.165) is 12.5 Å². The van der Waals surface area contributed by atoms with Gasteiger partial charge < -0.3 is 10.1 Å². The molecular formula is C8H17NO. The van der Waals surface area contributed by atoms with Gasteiger partial charge in [0.25, 0.3) is 0 Å². The molecule has 1 aliphatic rings. The van der Waals surface area contributed by atoms with Crippen LogP contribution in [0.5, 0.6) is 0 Å². The van der Waals surface area contributed by atoms with Crippen molar-refractivity contribution in [3.8, 4) is 0 Å². The van der Waals surface area contributed by atoms with Gasteiger partial charge in [-0.15, -0.1) is 0 Å². The van der Waals surface area contributed by atoms with E-state index in [4.69, 9.17) is 4.74 Å². The second-order valence-electron chi connectivity index (χ2n) is 3.03. The van der Waals surface area contributed by atoms with Crippen LogP contribution in [0.4, 0.5) is 0 Å². The third kappa shape index (κ3) is 1.96. The van der Waals surface area contributed by atoms with Crippen molar-refractivity contribution in [3.63, 3.8) is 0 Å². The summed E-state index contributed by atoms with van der Waals surface area (Å²) in [5.41, 5.74) is 0. The summed E-state index contributed by atoms with van der Waals surface area (Å²) in [4.78, 5) is 0. The normalized spacial score (nSPS) is 34.2. The molecule has 1 fully saturated rings. The molecule has 0 bridgehead atoms. The molecule has 1 rings (SSSR count). The fourth-order valence-corrected chi connectivity index (χ4v) is 1.48. The van der Waals surface area contributed by atoms with Crippen LogP contribution in [0.25, 0.3) is 0 Å². The molecule has 1 aliphatic heterocycles. The summed E-state index contributed by atoms with van der Waals surface area (Å²) in [6.07, 6.45) is 2.96. The molecule has 0 aliphatic carbocycles. The van der Waals surface area contributed by atoms with Crippen LogP contribution >= 0.6 is 0 Å². The minimum atomic E-state index is 0.457. The second-order valence-corrected chi connectivity index (χ2v) is 3.03. The van der Waals surface area contributed by atoms with Gasteiger partial charge in [-0.2, -0.15) is 0 Å². The van der Waals surface area contributed by atoms with E-state index in [1.807, 2.05) is 0 Å². The van der Waals surface area contributed by atoms with E-state index in [-0.39, 0.29) is 0 Å². The average molecular weight is 143 g/mol. The molecule has 0 spiro atoms. The Kier molecular flexibility index (Phi) is 3.16. The molecule has 1 saturated heterocycles. The summed E-state index contributed by atoms with van der Waals surface area (Å²) < 4.78 is 5.26. The van der Waals surface area contributed by atoms with Crippen molar-refractivity contribution in [3.05, 3.63) is 0 Å². The lowest BCUT2D eigenvalue weighted by Crippen LogP contribution is -2.40. The molecule has 0 amide bonds. The van der Waals surface area contributed by atoms with Crippen LogP contribution in [0.15, 0.2) is 0 Å². The number of rotatable bonds is 2. The van der Waals surface area contributed by atoms with Crippen LogP contribution in [0.3, 0.4) is 0 Å². The highest BCUT2D eigenvalue weighted by Crippen LogP contribution is 2.15. The quantitative estimate of drug-likeness (QED) is 0.623. The van der Waals surface area contributed by atoms with Crippen molar-refractivity contribution in [1.82, 2.24) is 5.32 Å². The maximum absolute atomic E-state index is 5.26. The van der Waals surface area contributed by atoms with Gasteiger partial charge in [0.2, 0.25) is 0 Å². The summed E-state index contributed by atoms with van der Waals surface area (Å²) >= 11 is 0. The van der Waals surface area contributed by atoms with E-state index in [1.54, 1.807) is 7.11 Å². The molecule has 2 unspecified atom stereocenters. The number of ether oxygens (including phenoxy) is 1. The predicted octanol–water partition coefficient (Wildman–Crippen LogP) is 1.02. The Morgan fingerprint density at radius 3 is 2.90 bits per heavy atom. The fourth-order valence-electron chi connectivity index (χ4n) is 1.48. The summed E-state index contributed by atoms with van der Waals surface area (Å²) in [6, 6.07) is 0. The number of hydrogen-bond donors (Lipinski definition) is 1. The lowest BCUT2D eigenvalue weighted by Gasteiger charge is -2.28. The monoisotopic (exact) mass is 143 g/mol. The highest BCUT2D eigenvalue weighted by molar-refractivity contribution is 4.75. The zero-order chi connectivity index (χ0) is 7.40. The molecule has 1 N–H and O–H groups in total. The highest BCUT2D eigenvalue weighted by Gasteiger charge is 2.19. The molecule has 0 radical (unpaired) electrons. The van der Waals surface area contributed by atoms with Crippen LogP contribution in [-0.4, -0.2) is 26.3 Å². The van der Waals surface area contributed by atoms with Crippen molar-refractivity contribution in [2.24, 2.45) is 5.92 Å². The Balaban J connectivity index is 2.25. The van der Waals surface area contributed by atoms with Crippen LogP contribution in [0, 0.1) is 5.92 Å². The van der Waals surface area contributed by atoms with Gasteiger partial charge in [-0.1, -0.05) is 13.3 Å². The maximum Gasteiger partial charge on any atom is 0.0698 e. The Morgan fingerprint density at radius 2 is 2.30 bits per heavy atom. The summed E-state index contributed by atoms with van der Waals surface area (Å²) in [5.74, 6) is 0.832. The Morgan fingerprint density at radius 1 is 1.50 bits per heavy atom. The molecule has 1 heterocycles. The molecule has 2 nitrogen and oxygen atoms in total. The molecule has 0 aromatic rings. The fraction of sp³-hybridized carbons (Fsp3) is 1.00. The maximum atomic E-state index is 5.26. The van der Waals surface area contributed by atoms with Crippen LogP contribution in [-0.2, 0) is 4.74 Å². The van der Waals surface area contributed by atoms with Gasteiger partial charge in [0.05, 0.1) is 6.10 Å². The summed E-state index contributed by atoms with van der Waals surface area (Å²) in [7, 11) is 1.80. The zero-order valence-corrected chi connectivity index (χ0v) is 6.89. The van der Waals surface area contributed by atoms with E-state index in [9.17, 15) is 0 Å². The lowest BCUT2D eigenvalue weighted by atomic mass is 9.95. The van der Waals surface area contributed by atoms with E-state index in [1.165, 1.54) is 19.4 Å². The molecule has 2 atom stereocenters. The van der Waals surface area contributed by atoms with Gasteiger partial charge in [-0.05, 0) is 18.9 Å². The second kappa shape index (κ2) is 3.94. The van der Waals surface area contributed by atoms with E-state index >= 15 is 0 Å². The Hall–Kier alpha value is -0.0800. The number of nitrogens with one attached hydrogen (secondary N) is 1. The average Bonchev–Trinajstić information content (AvgIpc) is 2.05. The van der Waals surface area contributed by atoms with Crippen LogP contribution in [0.1, 0.15) is 19.8 Å². The molecular weight excluding hydrogens is 126 g/mol.